The lowest BCUT2D eigenvalue weighted by molar-refractivity contribution is -0.146. The van der Waals surface area contributed by atoms with E-state index in [4.69, 9.17) is 9.47 Å². The van der Waals surface area contributed by atoms with Gasteiger partial charge in [-0.25, -0.2) is 0 Å². The molecule has 172 valence electrons. The number of carbonyl (C=O) groups excluding carboxylic acids is 3. The molecule has 0 saturated heterocycles. The molecule has 0 aliphatic heterocycles. The monoisotopic (exact) mass is 434 g/mol. The fourth-order valence-corrected chi connectivity index (χ4v) is 6.27. The highest BCUT2D eigenvalue weighted by Crippen LogP contribution is 2.61. The molecule has 0 amide bonds. The standard InChI is InChI=1S/C24H34O7/c1-7-30-21-15-16(24(6)10-8-9-23(4,5)22(24)20(21)29)19(28)18(27)14(17(15)26)12(2)11-31-13(3)25/h12,20-22,26,29H,7-11H2,1-6H3/t12-,20-,21+,22-,24-/m1/s1. The Morgan fingerprint density at radius 2 is 1.84 bits per heavy atom. The highest BCUT2D eigenvalue weighted by molar-refractivity contribution is 6.50. The zero-order valence-corrected chi connectivity index (χ0v) is 19.3. The highest BCUT2D eigenvalue weighted by Gasteiger charge is 2.61. The van der Waals surface area contributed by atoms with E-state index in [0.29, 0.717) is 6.42 Å². The Morgan fingerprint density at radius 1 is 1.19 bits per heavy atom. The molecule has 0 radical (unpaired) electrons. The van der Waals surface area contributed by atoms with Gasteiger partial charge in [0.1, 0.15) is 11.9 Å². The molecule has 7 nitrogen and oxygen atoms in total. The molecule has 5 atom stereocenters. The van der Waals surface area contributed by atoms with E-state index < -0.39 is 41.1 Å². The van der Waals surface area contributed by atoms with Gasteiger partial charge in [-0.2, -0.15) is 0 Å². The van der Waals surface area contributed by atoms with Crippen molar-refractivity contribution >= 4 is 17.5 Å². The molecule has 31 heavy (non-hydrogen) atoms. The topological polar surface area (TPSA) is 110 Å². The van der Waals surface area contributed by atoms with Crippen molar-refractivity contribution in [3.63, 3.8) is 0 Å². The van der Waals surface area contributed by atoms with Crippen LogP contribution in [0.1, 0.15) is 60.8 Å². The molecule has 0 heterocycles. The zero-order valence-electron chi connectivity index (χ0n) is 19.3. The SMILES string of the molecule is CCO[C@H]1C2=C(C(=O)C(=O)C([C@H](C)COC(C)=O)=C2O)[C@@]2(C)CCCC(C)(C)[C@H]2[C@@H]1O. The highest BCUT2D eigenvalue weighted by atomic mass is 16.5. The van der Waals surface area contributed by atoms with Crippen LogP contribution in [0.25, 0.3) is 0 Å². The lowest BCUT2D eigenvalue weighted by Gasteiger charge is -2.58. The van der Waals surface area contributed by atoms with Crippen LogP contribution in [-0.2, 0) is 23.9 Å². The molecule has 2 N–H and O–H groups in total. The van der Waals surface area contributed by atoms with Gasteiger partial charge < -0.3 is 19.7 Å². The van der Waals surface area contributed by atoms with Gasteiger partial charge in [-0.1, -0.05) is 34.1 Å². The van der Waals surface area contributed by atoms with Crippen molar-refractivity contribution in [3.8, 4) is 0 Å². The number of aliphatic hydroxyl groups excluding tert-OH is 2. The maximum atomic E-state index is 13.5. The van der Waals surface area contributed by atoms with Gasteiger partial charge in [-0.3, -0.25) is 14.4 Å². The summed E-state index contributed by atoms with van der Waals surface area (Å²) in [6.45, 7) is 10.9. The number of fused-ring (bicyclic) bond motifs is 2. The first-order chi connectivity index (χ1) is 14.4. The first-order valence-electron chi connectivity index (χ1n) is 11.1. The summed E-state index contributed by atoms with van der Waals surface area (Å²) < 4.78 is 10.9. The molecule has 0 aromatic heterocycles. The molecular formula is C24H34O7. The smallest absolute Gasteiger partial charge is 0.302 e. The second kappa shape index (κ2) is 8.17. The molecule has 0 spiro atoms. The van der Waals surface area contributed by atoms with Gasteiger partial charge in [-0.15, -0.1) is 0 Å². The Hall–Kier alpha value is -1.99. The number of rotatable bonds is 5. The number of carbonyl (C=O) groups is 3. The zero-order chi connectivity index (χ0) is 23.3. The van der Waals surface area contributed by atoms with Crippen LogP contribution < -0.4 is 0 Å². The van der Waals surface area contributed by atoms with Crippen LogP contribution in [0.2, 0.25) is 0 Å². The van der Waals surface area contributed by atoms with Crippen LogP contribution in [0.4, 0.5) is 0 Å². The first kappa shape index (κ1) is 23.7. The van der Waals surface area contributed by atoms with Crippen LogP contribution in [0.5, 0.6) is 0 Å². The van der Waals surface area contributed by atoms with Crippen LogP contribution >= 0.6 is 0 Å². The summed E-state index contributed by atoms with van der Waals surface area (Å²) in [5.41, 5.74) is -0.611. The lowest BCUT2D eigenvalue weighted by Crippen LogP contribution is -2.60. The number of aliphatic hydroxyl groups is 2. The molecule has 3 rings (SSSR count). The van der Waals surface area contributed by atoms with E-state index in [1.165, 1.54) is 6.92 Å². The molecule has 1 fully saturated rings. The fraction of sp³-hybridized carbons (Fsp3) is 0.708. The maximum absolute atomic E-state index is 13.5. The number of Topliss-reactive ketones (excluding diaryl/α,β-unsaturated/α-hetero) is 2. The minimum Gasteiger partial charge on any atom is -0.507 e. The number of hydrogen-bond donors (Lipinski definition) is 2. The first-order valence-corrected chi connectivity index (χ1v) is 11.1. The molecule has 3 aliphatic carbocycles. The Kier molecular flexibility index (Phi) is 6.24. The number of esters is 1. The average molecular weight is 435 g/mol. The molecule has 0 aromatic rings. The summed E-state index contributed by atoms with van der Waals surface area (Å²) in [7, 11) is 0. The molecule has 0 aromatic carbocycles. The van der Waals surface area contributed by atoms with E-state index >= 15 is 0 Å². The van der Waals surface area contributed by atoms with E-state index in [-0.39, 0.29) is 47.0 Å². The largest absolute Gasteiger partial charge is 0.507 e. The van der Waals surface area contributed by atoms with E-state index in [2.05, 4.69) is 13.8 Å². The van der Waals surface area contributed by atoms with E-state index in [9.17, 15) is 24.6 Å². The van der Waals surface area contributed by atoms with Crippen LogP contribution in [0.15, 0.2) is 22.5 Å². The summed E-state index contributed by atoms with van der Waals surface area (Å²) in [6, 6.07) is 0. The van der Waals surface area contributed by atoms with Crippen molar-refractivity contribution in [3.05, 3.63) is 22.5 Å². The third-order valence-electron chi connectivity index (χ3n) is 7.39. The summed E-state index contributed by atoms with van der Waals surface area (Å²) >= 11 is 0. The maximum Gasteiger partial charge on any atom is 0.302 e. The second-order valence-electron chi connectivity index (χ2n) is 10.0. The lowest BCUT2D eigenvalue weighted by atomic mass is 9.47. The number of allylic oxidation sites excluding steroid dienone is 1. The molecule has 0 bridgehead atoms. The summed E-state index contributed by atoms with van der Waals surface area (Å²) in [5, 5.41) is 22.7. The molecular weight excluding hydrogens is 400 g/mol. The molecule has 0 unspecified atom stereocenters. The minimum absolute atomic E-state index is 0.0842. The van der Waals surface area contributed by atoms with Crippen molar-refractivity contribution in [2.75, 3.05) is 13.2 Å². The van der Waals surface area contributed by atoms with Crippen molar-refractivity contribution in [1.82, 2.24) is 0 Å². The summed E-state index contributed by atoms with van der Waals surface area (Å²) in [6.07, 6.45) is 0.529. The Morgan fingerprint density at radius 3 is 2.42 bits per heavy atom. The predicted octanol–water partition coefficient (Wildman–Crippen LogP) is 3.06. The van der Waals surface area contributed by atoms with Crippen molar-refractivity contribution in [2.24, 2.45) is 22.7 Å². The van der Waals surface area contributed by atoms with Gasteiger partial charge >= 0.3 is 5.97 Å². The third-order valence-corrected chi connectivity index (χ3v) is 7.39. The average Bonchev–Trinajstić information content (AvgIpc) is 2.65. The molecule has 3 aliphatic rings. The third kappa shape index (κ3) is 3.65. The summed E-state index contributed by atoms with van der Waals surface area (Å²) in [5.74, 6) is -3.23. The van der Waals surface area contributed by atoms with Crippen LogP contribution in [0, 0.1) is 22.7 Å². The number of hydrogen-bond acceptors (Lipinski definition) is 7. The van der Waals surface area contributed by atoms with Crippen molar-refractivity contribution < 1.29 is 34.1 Å². The van der Waals surface area contributed by atoms with Crippen molar-refractivity contribution in [1.29, 1.82) is 0 Å². The van der Waals surface area contributed by atoms with Gasteiger partial charge in [0.2, 0.25) is 11.6 Å². The van der Waals surface area contributed by atoms with Gasteiger partial charge in [0.15, 0.2) is 0 Å². The normalized spacial score (nSPS) is 33.7. The second-order valence-corrected chi connectivity index (χ2v) is 10.0. The van der Waals surface area contributed by atoms with Crippen LogP contribution in [0.3, 0.4) is 0 Å². The van der Waals surface area contributed by atoms with E-state index in [1.54, 1.807) is 13.8 Å². The van der Waals surface area contributed by atoms with E-state index in [0.717, 1.165) is 12.8 Å². The predicted molar refractivity (Wildman–Crippen MR) is 113 cm³/mol. The fourth-order valence-electron chi connectivity index (χ4n) is 6.27. The quantitative estimate of drug-likeness (QED) is 0.389. The van der Waals surface area contributed by atoms with Gasteiger partial charge in [-0.05, 0) is 25.2 Å². The van der Waals surface area contributed by atoms with Gasteiger partial charge in [0, 0.05) is 41.9 Å². The molecule has 1 saturated carbocycles. The Labute approximate surface area is 183 Å². The Balaban J connectivity index is 2.24. The molecule has 7 heteroatoms. The van der Waals surface area contributed by atoms with Crippen molar-refractivity contribution in [2.45, 2.75) is 73.0 Å². The summed E-state index contributed by atoms with van der Waals surface area (Å²) in [4.78, 5) is 37.9. The van der Waals surface area contributed by atoms with Crippen LogP contribution in [-0.4, -0.2) is 53.2 Å². The Bertz CT molecular complexity index is 865. The number of ether oxygens (including phenoxy) is 2. The van der Waals surface area contributed by atoms with Gasteiger partial charge in [0.25, 0.3) is 0 Å². The van der Waals surface area contributed by atoms with Gasteiger partial charge in [0.05, 0.1) is 18.3 Å². The van der Waals surface area contributed by atoms with E-state index in [1.807, 2.05) is 6.92 Å². The minimum atomic E-state index is -0.938. The number of ketones is 2.